The second-order valence-corrected chi connectivity index (χ2v) is 5.36. The molecule has 98 valence electrons. The molecule has 5 heteroatoms. The van der Waals surface area contributed by atoms with Crippen LogP contribution in [0.1, 0.15) is 38.2 Å². The van der Waals surface area contributed by atoms with E-state index in [1.54, 1.807) is 12.1 Å². The average Bonchev–Trinajstić information content (AvgIpc) is 2.32. The first kappa shape index (κ1) is 15.1. The lowest BCUT2D eigenvalue weighted by atomic mass is 10.2. The van der Waals surface area contributed by atoms with Gasteiger partial charge in [0, 0.05) is 16.5 Å². The summed E-state index contributed by atoms with van der Waals surface area (Å²) in [5.74, 6) is 0.0345. The highest BCUT2D eigenvalue weighted by Gasteiger charge is 2.07. The molecule has 0 unspecified atom stereocenters. The van der Waals surface area contributed by atoms with Crippen molar-refractivity contribution in [3.8, 4) is 0 Å². The van der Waals surface area contributed by atoms with Crippen LogP contribution in [0.4, 0.5) is 5.69 Å². The van der Waals surface area contributed by atoms with E-state index in [0.717, 1.165) is 35.0 Å². The summed E-state index contributed by atoms with van der Waals surface area (Å²) in [5.41, 5.74) is 7.06. The fraction of sp³-hybridized carbons (Fsp3) is 0.385. The maximum Gasteiger partial charge on any atom is 0.224 e. The maximum absolute atomic E-state index is 11.7. The molecule has 0 saturated heterocycles. The minimum Gasteiger partial charge on any atom is -0.389 e. The van der Waals surface area contributed by atoms with Crippen molar-refractivity contribution < 1.29 is 4.79 Å². The molecule has 18 heavy (non-hydrogen) atoms. The van der Waals surface area contributed by atoms with E-state index in [2.05, 4.69) is 28.2 Å². The first-order chi connectivity index (χ1) is 8.54. The van der Waals surface area contributed by atoms with Crippen LogP contribution in [-0.2, 0) is 4.79 Å². The number of nitrogens with one attached hydrogen (secondary N) is 1. The molecule has 1 amide bonds. The van der Waals surface area contributed by atoms with Gasteiger partial charge in [0.1, 0.15) is 4.99 Å². The fourth-order valence-electron chi connectivity index (χ4n) is 1.52. The Hall–Kier alpha value is -0.940. The van der Waals surface area contributed by atoms with Crippen molar-refractivity contribution in [3.05, 3.63) is 28.2 Å². The summed E-state index contributed by atoms with van der Waals surface area (Å²) in [6.45, 7) is 2.11. The van der Waals surface area contributed by atoms with Crippen LogP contribution in [0.2, 0.25) is 0 Å². The third-order valence-corrected chi connectivity index (χ3v) is 3.43. The summed E-state index contributed by atoms with van der Waals surface area (Å²) in [4.78, 5) is 12.0. The van der Waals surface area contributed by atoms with Gasteiger partial charge in [-0.15, -0.1) is 0 Å². The number of anilines is 1. The Morgan fingerprint density at radius 1 is 1.44 bits per heavy atom. The van der Waals surface area contributed by atoms with Crippen LogP contribution in [0.5, 0.6) is 0 Å². The molecule has 0 fully saturated rings. The molecule has 0 spiro atoms. The SMILES string of the molecule is CCCCCC(=O)Nc1ccc(C(N)=S)cc1Br. The lowest BCUT2D eigenvalue weighted by molar-refractivity contribution is -0.116. The zero-order chi connectivity index (χ0) is 13.5. The fourth-order valence-corrected chi connectivity index (χ4v) is 2.12. The number of carbonyl (C=O) groups excluding carboxylic acids is 1. The molecule has 3 nitrogen and oxygen atoms in total. The normalized spacial score (nSPS) is 10.1. The molecule has 0 radical (unpaired) electrons. The van der Waals surface area contributed by atoms with E-state index in [1.807, 2.05) is 6.07 Å². The van der Waals surface area contributed by atoms with Crippen molar-refractivity contribution in [1.82, 2.24) is 0 Å². The highest BCUT2D eigenvalue weighted by atomic mass is 79.9. The summed E-state index contributed by atoms with van der Waals surface area (Å²) in [5, 5.41) is 2.87. The number of hydrogen-bond donors (Lipinski definition) is 2. The standard InChI is InChI=1S/C13H17BrN2OS/c1-2-3-4-5-12(17)16-11-7-6-9(13(15)18)8-10(11)14/h6-8H,2-5H2,1H3,(H2,15,18)(H,16,17). The van der Waals surface area contributed by atoms with E-state index in [-0.39, 0.29) is 5.91 Å². The maximum atomic E-state index is 11.7. The van der Waals surface area contributed by atoms with Gasteiger partial charge < -0.3 is 11.1 Å². The van der Waals surface area contributed by atoms with Crippen LogP contribution in [-0.4, -0.2) is 10.9 Å². The van der Waals surface area contributed by atoms with E-state index in [4.69, 9.17) is 18.0 Å². The predicted molar refractivity (Wildman–Crippen MR) is 82.8 cm³/mol. The van der Waals surface area contributed by atoms with Gasteiger partial charge in [0.15, 0.2) is 0 Å². The minimum atomic E-state index is 0.0345. The number of nitrogens with two attached hydrogens (primary N) is 1. The Morgan fingerprint density at radius 2 is 2.17 bits per heavy atom. The number of halogens is 1. The van der Waals surface area contributed by atoms with E-state index < -0.39 is 0 Å². The van der Waals surface area contributed by atoms with Crippen molar-refractivity contribution in [3.63, 3.8) is 0 Å². The molecule has 0 aliphatic carbocycles. The molecule has 0 aromatic heterocycles. The van der Waals surface area contributed by atoms with Crippen LogP contribution in [0.3, 0.4) is 0 Å². The smallest absolute Gasteiger partial charge is 0.224 e. The lowest BCUT2D eigenvalue weighted by Crippen LogP contribution is -2.13. The molecule has 0 aliphatic heterocycles. The summed E-state index contributed by atoms with van der Waals surface area (Å²) < 4.78 is 0.789. The minimum absolute atomic E-state index is 0.0345. The monoisotopic (exact) mass is 328 g/mol. The molecular weight excluding hydrogens is 312 g/mol. The zero-order valence-corrected chi connectivity index (χ0v) is 12.7. The first-order valence-corrected chi connectivity index (χ1v) is 7.14. The lowest BCUT2D eigenvalue weighted by Gasteiger charge is -2.08. The number of unbranched alkanes of at least 4 members (excludes halogenated alkanes) is 2. The quantitative estimate of drug-likeness (QED) is 0.619. The molecule has 0 heterocycles. The summed E-state index contributed by atoms with van der Waals surface area (Å²) in [6, 6.07) is 5.41. The van der Waals surface area contributed by atoms with Crippen molar-refractivity contribution in [2.24, 2.45) is 5.73 Å². The Morgan fingerprint density at radius 3 is 2.72 bits per heavy atom. The van der Waals surface area contributed by atoms with Crippen LogP contribution >= 0.6 is 28.1 Å². The highest BCUT2D eigenvalue weighted by Crippen LogP contribution is 2.24. The predicted octanol–water partition coefficient (Wildman–Crippen LogP) is 3.60. The average molecular weight is 329 g/mol. The van der Waals surface area contributed by atoms with Crippen molar-refractivity contribution >= 4 is 44.7 Å². The van der Waals surface area contributed by atoms with Crippen LogP contribution in [0.15, 0.2) is 22.7 Å². The number of carbonyl (C=O) groups is 1. The van der Waals surface area contributed by atoms with E-state index in [0.29, 0.717) is 11.4 Å². The summed E-state index contributed by atoms with van der Waals surface area (Å²) >= 11 is 8.29. The van der Waals surface area contributed by atoms with Gasteiger partial charge in [0.2, 0.25) is 5.91 Å². The van der Waals surface area contributed by atoms with Crippen LogP contribution in [0.25, 0.3) is 0 Å². The molecule has 0 bridgehead atoms. The van der Waals surface area contributed by atoms with Crippen molar-refractivity contribution in [1.29, 1.82) is 0 Å². The number of thiocarbonyl (C=S) groups is 1. The largest absolute Gasteiger partial charge is 0.389 e. The zero-order valence-electron chi connectivity index (χ0n) is 10.3. The Kier molecular flexibility index (Phi) is 6.29. The van der Waals surface area contributed by atoms with Crippen LogP contribution in [0, 0.1) is 0 Å². The summed E-state index contributed by atoms with van der Waals surface area (Å²) in [6.07, 6.45) is 3.66. The Labute approximate surface area is 121 Å². The highest BCUT2D eigenvalue weighted by molar-refractivity contribution is 9.10. The third-order valence-electron chi connectivity index (χ3n) is 2.54. The van der Waals surface area contributed by atoms with Gasteiger partial charge in [-0.3, -0.25) is 4.79 Å². The van der Waals surface area contributed by atoms with Gasteiger partial charge >= 0.3 is 0 Å². The van der Waals surface area contributed by atoms with Gasteiger partial charge in [-0.25, -0.2) is 0 Å². The van der Waals surface area contributed by atoms with Gasteiger partial charge in [-0.1, -0.05) is 32.0 Å². The van der Waals surface area contributed by atoms with E-state index in [1.165, 1.54) is 0 Å². The third kappa shape index (κ3) is 4.74. The molecular formula is C13H17BrN2OS. The van der Waals surface area contributed by atoms with Crippen molar-refractivity contribution in [2.45, 2.75) is 32.6 Å². The summed E-state index contributed by atoms with van der Waals surface area (Å²) in [7, 11) is 0. The van der Waals surface area contributed by atoms with Gasteiger partial charge in [0.05, 0.1) is 5.69 Å². The molecule has 1 rings (SSSR count). The molecule has 1 aromatic carbocycles. The topological polar surface area (TPSA) is 55.1 Å². The number of amides is 1. The Bertz CT molecular complexity index is 449. The van der Waals surface area contributed by atoms with Crippen LogP contribution < -0.4 is 11.1 Å². The Balaban J connectivity index is 2.62. The molecule has 0 saturated carbocycles. The number of benzene rings is 1. The van der Waals surface area contributed by atoms with E-state index >= 15 is 0 Å². The van der Waals surface area contributed by atoms with E-state index in [9.17, 15) is 4.79 Å². The molecule has 3 N–H and O–H groups in total. The van der Waals surface area contributed by atoms with Gasteiger partial charge in [0.25, 0.3) is 0 Å². The number of hydrogen-bond acceptors (Lipinski definition) is 2. The second kappa shape index (κ2) is 7.48. The van der Waals surface area contributed by atoms with Crippen molar-refractivity contribution in [2.75, 3.05) is 5.32 Å². The molecule has 0 aliphatic rings. The van der Waals surface area contributed by atoms with Gasteiger partial charge in [-0.05, 0) is 40.5 Å². The second-order valence-electron chi connectivity index (χ2n) is 4.06. The molecule has 0 atom stereocenters. The van der Waals surface area contributed by atoms with Gasteiger partial charge in [-0.2, -0.15) is 0 Å². The first-order valence-electron chi connectivity index (χ1n) is 5.93. The number of rotatable bonds is 6. The molecule has 1 aromatic rings.